The maximum Gasteiger partial charge on any atom is 0.281 e. The molecule has 1 heterocycles. The molecule has 0 atom stereocenters. The summed E-state index contributed by atoms with van der Waals surface area (Å²) in [5, 5.41) is -3.49. The van der Waals surface area contributed by atoms with Crippen LogP contribution in [0.4, 0.5) is 0 Å². The summed E-state index contributed by atoms with van der Waals surface area (Å²) in [6.45, 7) is 0. The highest BCUT2D eigenvalue weighted by Gasteiger charge is 2.30. The minimum atomic E-state index is -4.69. The Morgan fingerprint density at radius 1 is 0.778 bits per heavy atom. The van der Waals surface area contributed by atoms with Crippen LogP contribution in [0.25, 0.3) is 0 Å². The molecule has 14 heteroatoms. The third-order valence-electron chi connectivity index (χ3n) is 1.40. The van der Waals surface area contributed by atoms with Crippen LogP contribution in [0.5, 0.6) is 0 Å². The Morgan fingerprint density at radius 3 is 1.56 bits per heavy atom. The molecule has 0 saturated heterocycles. The summed E-state index contributed by atoms with van der Waals surface area (Å²) in [4.78, 5) is 6.09. The van der Waals surface area contributed by atoms with E-state index in [1.807, 2.05) is 0 Å². The first-order valence-electron chi connectivity index (χ1n) is 3.54. The molecule has 0 fully saturated rings. The monoisotopic (exact) mass is 374 g/mol. The molecule has 0 bridgehead atoms. The first kappa shape index (κ1) is 15.9. The molecule has 102 valence electrons. The first-order chi connectivity index (χ1) is 7.83. The second-order valence-corrected chi connectivity index (χ2v) is 10.1. The summed E-state index contributed by atoms with van der Waals surface area (Å²) < 4.78 is 66.0. The maximum absolute atomic E-state index is 11.1. The van der Waals surface area contributed by atoms with Crippen molar-refractivity contribution in [2.45, 2.75) is 15.1 Å². The molecule has 0 amide bonds. The molecule has 0 spiro atoms. The molecule has 1 aromatic heterocycles. The Morgan fingerprint density at radius 2 is 1.22 bits per heavy atom. The highest BCUT2D eigenvalue weighted by Crippen LogP contribution is 2.25. The van der Waals surface area contributed by atoms with Crippen LogP contribution in [0.15, 0.2) is 21.3 Å². The minimum Gasteiger partial charge on any atom is -0.238 e. The average molecular weight is 376 g/mol. The number of rotatable bonds is 3. The van der Waals surface area contributed by atoms with E-state index in [2.05, 4.69) is 9.97 Å². The van der Waals surface area contributed by atoms with Crippen LogP contribution in [0, 0.1) is 0 Å². The van der Waals surface area contributed by atoms with Crippen molar-refractivity contribution in [2.75, 3.05) is 0 Å². The summed E-state index contributed by atoms with van der Waals surface area (Å²) in [7, 11) is 1.02. The van der Waals surface area contributed by atoms with Gasteiger partial charge in [0.05, 0.1) is 6.20 Å². The standard InChI is InChI=1S/C4HCl3N2O6S3/c5-16(10,11)2-1-8-3(17(6,12)13)4(9-2)18(7,14)15/h1H. The largest absolute Gasteiger partial charge is 0.281 e. The molecule has 0 aromatic carbocycles. The number of hydrogen-bond donors (Lipinski definition) is 0. The predicted molar refractivity (Wildman–Crippen MR) is 61.1 cm³/mol. The number of aromatic nitrogens is 2. The smallest absolute Gasteiger partial charge is 0.238 e. The SMILES string of the molecule is O=S(=O)(Cl)c1cnc(S(=O)(=O)Cl)c(S(=O)(=O)Cl)n1. The van der Waals surface area contributed by atoms with Gasteiger partial charge in [0.15, 0.2) is 5.03 Å². The topological polar surface area (TPSA) is 128 Å². The summed E-state index contributed by atoms with van der Waals surface area (Å²) in [6, 6.07) is 0. The maximum atomic E-state index is 11.1. The van der Waals surface area contributed by atoms with Crippen LogP contribution in [0.1, 0.15) is 0 Å². The van der Waals surface area contributed by atoms with Crippen molar-refractivity contribution in [3.05, 3.63) is 6.20 Å². The van der Waals surface area contributed by atoms with E-state index in [1.165, 1.54) is 0 Å². The van der Waals surface area contributed by atoms with E-state index >= 15 is 0 Å². The molecule has 0 aliphatic carbocycles. The lowest BCUT2D eigenvalue weighted by atomic mass is 10.8. The lowest BCUT2D eigenvalue weighted by molar-refractivity contribution is 0.578. The van der Waals surface area contributed by atoms with Gasteiger partial charge in [-0.15, -0.1) is 0 Å². The molecule has 1 rings (SSSR count). The fourth-order valence-electron chi connectivity index (χ4n) is 0.789. The normalized spacial score (nSPS) is 13.5. The predicted octanol–water partition coefficient (Wildman–Crippen LogP) is 0.259. The van der Waals surface area contributed by atoms with Crippen LogP contribution in [0.2, 0.25) is 0 Å². The summed E-state index contributed by atoms with van der Waals surface area (Å²) in [6.07, 6.45) is 0.434. The number of nitrogens with zero attached hydrogens (tertiary/aromatic N) is 2. The van der Waals surface area contributed by atoms with Crippen LogP contribution in [-0.2, 0) is 27.2 Å². The summed E-state index contributed by atoms with van der Waals surface area (Å²) in [5.41, 5.74) is 0. The van der Waals surface area contributed by atoms with E-state index in [1.54, 1.807) is 0 Å². The highest BCUT2D eigenvalue weighted by atomic mass is 35.7. The molecule has 0 unspecified atom stereocenters. The zero-order valence-electron chi connectivity index (χ0n) is 7.78. The minimum absolute atomic E-state index is 0.434. The van der Waals surface area contributed by atoms with Gasteiger partial charge in [0.25, 0.3) is 27.2 Å². The Bertz CT molecular complexity index is 798. The molecule has 0 aliphatic rings. The molecule has 18 heavy (non-hydrogen) atoms. The van der Waals surface area contributed by atoms with Gasteiger partial charge in [-0.05, 0) is 0 Å². The molecule has 0 N–H and O–H groups in total. The van der Waals surface area contributed by atoms with Crippen LogP contribution < -0.4 is 0 Å². The lowest BCUT2D eigenvalue weighted by Gasteiger charge is -2.02. The van der Waals surface area contributed by atoms with Gasteiger partial charge in [0.1, 0.15) is 0 Å². The van der Waals surface area contributed by atoms with Crippen LogP contribution in [0.3, 0.4) is 0 Å². The van der Waals surface area contributed by atoms with Gasteiger partial charge in [-0.3, -0.25) is 0 Å². The fourth-order valence-corrected chi connectivity index (χ4v) is 3.94. The van der Waals surface area contributed by atoms with Gasteiger partial charge in [-0.1, -0.05) is 0 Å². The molecule has 0 radical (unpaired) electrons. The molecular weight excluding hydrogens is 375 g/mol. The van der Waals surface area contributed by atoms with Gasteiger partial charge in [0, 0.05) is 32.0 Å². The third kappa shape index (κ3) is 3.65. The van der Waals surface area contributed by atoms with Crippen molar-refractivity contribution < 1.29 is 25.3 Å². The quantitative estimate of drug-likeness (QED) is 0.688. The van der Waals surface area contributed by atoms with E-state index in [0.29, 0.717) is 6.20 Å². The van der Waals surface area contributed by atoms with E-state index in [9.17, 15) is 25.3 Å². The summed E-state index contributed by atoms with van der Waals surface area (Å²) >= 11 is 0. The van der Waals surface area contributed by atoms with Gasteiger partial charge in [-0.25, -0.2) is 35.2 Å². The van der Waals surface area contributed by atoms with Crippen molar-refractivity contribution in [2.24, 2.45) is 0 Å². The van der Waals surface area contributed by atoms with Crippen molar-refractivity contribution >= 4 is 59.2 Å². The zero-order chi connectivity index (χ0) is 14.4. The zero-order valence-corrected chi connectivity index (χ0v) is 12.5. The second-order valence-electron chi connectivity index (χ2n) is 2.63. The number of hydrogen-bond acceptors (Lipinski definition) is 8. The lowest BCUT2D eigenvalue weighted by Crippen LogP contribution is -2.10. The fraction of sp³-hybridized carbons (Fsp3) is 0. The van der Waals surface area contributed by atoms with Crippen molar-refractivity contribution in [3.63, 3.8) is 0 Å². The Labute approximate surface area is 115 Å². The molecule has 0 saturated carbocycles. The molecule has 0 aliphatic heterocycles. The van der Waals surface area contributed by atoms with E-state index < -0.39 is 42.2 Å². The van der Waals surface area contributed by atoms with Crippen molar-refractivity contribution in [1.82, 2.24) is 9.97 Å². The Hall–Kier alpha value is -0.200. The van der Waals surface area contributed by atoms with Crippen molar-refractivity contribution in [1.29, 1.82) is 0 Å². The van der Waals surface area contributed by atoms with Gasteiger partial charge < -0.3 is 0 Å². The van der Waals surface area contributed by atoms with Crippen LogP contribution in [-0.4, -0.2) is 35.2 Å². The average Bonchev–Trinajstić information content (AvgIpc) is 2.12. The Balaban J connectivity index is 3.83. The van der Waals surface area contributed by atoms with Crippen molar-refractivity contribution in [3.8, 4) is 0 Å². The van der Waals surface area contributed by atoms with Gasteiger partial charge in [-0.2, -0.15) is 0 Å². The molecule has 1 aromatic rings. The van der Waals surface area contributed by atoms with Gasteiger partial charge >= 0.3 is 0 Å². The number of halogens is 3. The van der Waals surface area contributed by atoms with E-state index in [-0.39, 0.29) is 0 Å². The third-order valence-corrected chi connectivity index (χ3v) is 5.08. The summed E-state index contributed by atoms with van der Waals surface area (Å²) in [5.74, 6) is 0. The Kier molecular flexibility index (Phi) is 4.16. The van der Waals surface area contributed by atoms with Gasteiger partial charge in [0.2, 0.25) is 10.1 Å². The molecular formula is C4HCl3N2O6S3. The highest BCUT2D eigenvalue weighted by molar-refractivity contribution is 8.16. The van der Waals surface area contributed by atoms with E-state index in [0.717, 1.165) is 0 Å². The van der Waals surface area contributed by atoms with E-state index in [4.69, 9.17) is 32.0 Å². The van der Waals surface area contributed by atoms with Crippen LogP contribution >= 0.6 is 32.0 Å². The first-order valence-corrected chi connectivity index (χ1v) is 10.5. The molecule has 8 nitrogen and oxygen atoms in total. The second kappa shape index (κ2) is 4.72.